The largest absolute Gasteiger partial charge is 0.508 e. The van der Waals surface area contributed by atoms with E-state index in [9.17, 15) is 27.8 Å². The summed E-state index contributed by atoms with van der Waals surface area (Å²) in [7, 11) is 0. The summed E-state index contributed by atoms with van der Waals surface area (Å²) in [6.45, 7) is 4.28. The number of aliphatic hydroxyl groups is 1. The van der Waals surface area contributed by atoms with E-state index < -0.39 is 36.0 Å². The second kappa shape index (κ2) is 7.09. The molecule has 0 radical (unpaired) electrons. The first kappa shape index (κ1) is 19.9. The number of rotatable bonds is 5. The van der Waals surface area contributed by atoms with Crippen LogP contribution in [0.15, 0.2) is 18.2 Å². The van der Waals surface area contributed by atoms with Gasteiger partial charge in [0, 0.05) is 38.3 Å². The number of aromatic hydroxyl groups is 1. The maximum atomic E-state index is 13.7. The van der Waals surface area contributed by atoms with Crippen LogP contribution < -0.4 is 5.32 Å². The van der Waals surface area contributed by atoms with Crippen molar-refractivity contribution in [1.82, 2.24) is 10.2 Å². The molecule has 0 bridgehead atoms. The molecule has 4 nitrogen and oxygen atoms in total. The van der Waals surface area contributed by atoms with E-state index in [4.69, 9.17) is 0 Å². The van der Waals surface area contributed by atoms with Gasteiger partial charge in [-0.1, -0.05) is 13.8 Å². The molecule has 1 fully saturated rings. The predicted molar refractivity (Wildman–Crippen MR) is 86.0 cm³/mol. The zero-order valence-corrected chi connectivity index (χ0v) is 14.3. The van der Waals surface area contributed by atoms with Crippen LogP contribution >= 0.6 is 0 Å². The Balaban J connectivity index is 2.30. The predicted octanol–water partition coefficient (Wildman–Crippen LogP) is 2.40. The quantitative estimate of drug-likeness (QED) is 0.703. The van der Waals surface area contributed by atoms with Crippen molar-refractivity contribution < 1.29 is 27.8 Å². The normalized spacial score (nSPS) is 19.6. The molecule has 0 saturated carbocycles. The van der Waals surface area contributed by atoms with E-state index in [0.29, 0.717) is 26.2 Å². The number of β-amino-alcohol motifs (C(OH)–C–C–N with tert-alkyl or cyclic N) is 1. The lowest BCUT2D eigenvalue weighted by Gasteiger charge is -2.41. The Bertz CT molecular complexity index is 601. The van der Waals surface area contributed by atoms with Crippen LogP contribution in [0.1, 0.15) is 25.8 Å². The molecule has 25 heavy (non-hydrogen) atoms. The zero-order chi connectivity index (χ0) is 18.9. The molecule has 1 heterocycles. The highest BCUT2D eigenvalue weighted by atomic mass is 19.4. The van der Waals surface area contributed by atoms with Crippen molar-refractivity contribution in [3.63, 3.8) is 0 Å². The fraction of sp³-hybridized carbons (Fsp3) is 0.647. The van der Waals surface area contributed by atoms with Crippen LogP contribution in [0.3, 0.4) is 0 Å². The van der Waals surface area contributed by atoms with Crippen molar-refractivity contribution in [3.05, 3.63) is 29.6 Å². The van der Waals surface area contributed by atoms with Gasteiger partial charge in [-0.15, -0.1) is 0 Å². The summed E-state index contributed by atoms with van der Waals surface area (Å²) < 4.78 is 54.5. The van der Waals surface area contributed by atoms with Crippen LogP contribution in [-0.4, -0.2) is 59.6 Å². The van der Waals surface area contributed by atoms with Crippen molar-refractivity contribution in [2.24, 2.45) is 0 Å². The second-order valence-electron chi connectivity index (χ2n) is 7.28. The topological polar surface area (TPSA) is 55.7 Å². The molecule has 0 aromatic heterocycles. The molecule has 1 aromatic carbocycles. The fourth-order valence-electron chi connectivity index (χ4n) is 3.36. The molecule has 1 aromatic rings. The van der Waals surface area contributed by atoms with Crippen LogP contribution in [0.25, 0.3) is 0 Å². The van der Waals surface area contributed by atoms with Gasteiger partial charge >= 0.3 is 6.18 Å². The lowest BCUT2D eigenvalue weighted by atomic mass is 9.74. The van der Waals surface area contributed by atoms with Gasteiger partial charge in [-0.3, -0.25) is 4.90 Å². The van der Waals surface area contributed by atoms with Crippen LogP contribution in [0.4, 0.5) is 17.6 Å². The molecule has 3 N–H and O–H groups in total. The number of piperazine rings is 1. The lowest BCUT2D eigenvalue weighted by molar-refractivity contribution is -0.271. The molecule has 1 aliphatic heterocycles. The highest BCUT2D eigenvalue weighted by Crippen LogP contribution is 2.43. The number of nitrogens with one attached hydrogen (secondary N) is 1. The molecule has 0 spiro atoms. The van der Waals surface area contributed by atoms with Crippen molar-refractivity contribution >= 4 is 0 Å². The van der Waals surface area contributed by atoms with Crippen LogP contribution in [-0.2, 0) is 5.41 Å². The number of halogens is 4. The standard InChI is InChI=1S/C17H24F4N2O2/c1-15(2,13-9-12(18)3-4-14(13)24)10-16(25,17(19,20)21)11-23-7-5-22-6-8-23/h3-4,9,22,24-25H,5-8,10-11H2,1-2H3. The third kappa shape index (κ3) is 4.62. The first-order valence-electron chi connectivity index (χ1n) is 8.16. The van der Waals surface area contributed by atoms with E-state index in [1.165, 1.54) is 13.8 Å². The molecule has 142 valence electrons. The molecule has 1 unspecified atom stereocenters. The minimum Gasteiger partial charge on any atom is -0.508 e. The summed E-state index contributed by atoms with van der Waals surface area (Å²) in [5, 5.41) is 23.5. The summed E-state index contributed by atoms with van der Waals surface area (Å²) >= 11 is 0. The van der Waals surface area contributed by atoms with E-state index in [1.807, 2.05) is 0 Å². The summed E-state index contributed by atoms with van der Waals surface area (Å²) in [4.78, 5) is 1.56. The SMILES string of the molecule is CC(C)(CC(O)(CN1CCNCC1)C(F)(F)F)c1cc(F)ccc1O. The molecule has 1 atom stereocenters. The number of phenolic OH excluding ortho intramolecular Hbond substituents is 1. The second-order valence-corrected chi connectivity index (χ2v) is 7.28. The number of benzene rings is 1. The first-order valence-corrected chi connectivity index (χ1v) is 8.16. The van der Waals surface area contributed by atoms with E-state index in [-0.39, 0.29) is 11.3 Å². The molecule has 1 aliphatic rings. The molecule has 0 amide bonds. The van der Waals surface area contributed by atoms with E-state index in [2.05, 4.69) is 5.32 Å². The number of hydrogen-bond acceptors (Lipinski definition) is 4. The Hall–Kier alpha value is -1.38. The maximum absolute atomic E-state index is 13.7. The third-order valence-electron chi connectivity index (χ3n) is 4.64. The monoisotopic (exact) mass is 364 g/mol. The Labute approximate surface area is 144 Å². The summed E-state index contributed by atoms with van der Waals surface area (Å²) in [6, 6.07) is 3.15. The number of nitrogens with zero attached hydrogens (tertiary/aromatic N) is 1. The molecule has 1 saturated heterocycles. The summed E-state index contributed by atoms with van der Waals surface area (Å²) in [5.41, 5.74) is -4.22. The first-order chi connectivity index (χ1) is 11.4. The Morgan fingerprint density at radius 3 is 2.32 bits per heavy atom. The molecular formula is C17H24F4N2O2. The van der Waals surface area contributed by atoms with Crippen LogP contribution in [0.5, 0.6) is 5.75 Å². The number of phenols is 1. The zero-order valence-electron chi connectivity index (χ0n) is 14.3. The van der Waals surface area contributed by atoms with E-state index in [1.54, 1.807) is 4.90 Å². The Kier molecular flexibility index (Phi) is 5.65. The third-order valence-corrected chi connectivity index (χ3v) is 4.64. The van der Waals surface area contributed by atoms with Gasteiger partial charge < -0.3 is 15.5 Å². The van der Waals surface area contributed by atoms with Crippen LogP contribution in [0, 0.1) is 5.82 Å². The van der Waals surface area contributed by atoms with Gasteiger partial charge in [0.25, 0.3) is 0 Å². The van der Waals surface area contributed by atoms with Crippen molar-refractivity contribution in [1.29, 1.82) is 0 Å². The summed E-state index contributed by atoms with van der Waals surface area (Å²) in [6.07, 6.45) is -5.54. The van der Waals surface area contributed by atoms with Crippen molar-refractivity contribution in [2.45, 2.75) is 37.5 Å². The van der Waals surface area contributed by atoms with Crippen molar-refractivity contribution in [2.75, 3.05) is 32.7 Å². The summed E-state index contributed by atoms with van der Waals surface area (Å²) in [5.74, 6) is -0.948. The maximum Gasteiger partial charge on any atom is 0.418 e. The Morgan fingerprint density at radius 1 is 1.16 bits per heavy atom. The van der Waals surface area contributed by atoms with Gasteiger partial charge in [-0.2, -0.15) is 13.2 Å². The minimum atomic E-state index is -4.85. The van der Waals surface area contributed by atoms with Gasteiger partial charge in [0.2, 0.25) is 0 Å². The minimum absolute atomic E-state index is 0.0375. The van der Waals surface area contributed by atoms with Gasteiger partial charge in [-0.05, 0) is 30.0 Å². The fourth-order valence-corrected chi connectivity index (χ4v) is 3.36. The number of hydrogen-bond donors (Lipinski definition) is 3. The lowest BCUT2D eigenvalue weighted by Crippen LogP contribution is -2.58. The highest BCUT2D eigenvalue weighted by Gasteiger charge is 2.56. The van der Waals surface area contributed by atoms with Gasteiger partial charge in [0.15, 0.2) is 5.60 Å². The average molecular weight is 364 g/mol. The highest BCUT2D eigenvalue weighted by molar-refractivity contribution is 5.38. The molecular weight excluding hydrogens is 340 g/mol. The van der Waals surface area contributed by atoms with Gasteiger partial charge in [-0.25, -0.2) is 4.39 Å². The average Bonchev–Trinajstić information content (AvgIpc) is 2.49. The Morgan fingerprint density at radius 2 is 1.76 bits per heavy atom. The number of alkyl halides is 3. The molecule has 0 aliphatic carbocycles. The molecule has 8 heteroatoms. The smallest absolute Gasteiger partial charge is 0.418 e. The molecule has 2 rings (SSSR count). The van der Waals surface area contributed by atoms with Gasteiger partial charge in [0.05, 0.1) is 0 Å². The van der Waals surface area contributed by atoms with E-state index >= 15 is 0 Å². The van der Waals surface area contributed by atoms with Crippen molar-refractivity contribution in [3.8, 4) is 5.75 Å². The van der Waals surface area contributed by atoms with E-state index in [0.717, 1.165) is 18.2 Å². The van der Waals surface area contributed by atoms with Crippen LogP contribution in [0.2, 0.25) is 0 Å². The van der Waals surface area contributed by atoms with Gasteiger partial charge in [0.1, 0.15) is 11.6 Å².